The van der Waals surface area contributed by atoms with E-state index in [0.29, 0.717) is 0 Å². The fraction of sp³-hybridized carbons (Fsp3) is 0.667. The zero-order chi connectivity index (χ0) is 14.8. The normalized spacial score (nSPS) is 12.8. The van der Waals surface area contributed by atoms with Crippen LogP contribution < -0.4 is 0 Å². The maximum absolute atomic E-state index is 10.3. The van der Waals surface area contributed by atoms with Gasteiger partial charge in [-0.05, 0) is 44.8 Å². The smallest absolute Gasteiger partial charge is 0.0802 e. The van der Waals surface area contributed by atoms with Gasteiger partial charge in [0.2, 0.25) is 0 Å². The number of aliphatic hydroxyl groups excluding tert-OH is 1. The van der Waals surface area contributed by atoms with Crippen molar-refractivity contribution in [2.45, 2.75) is 59.0 Å². The molecule has 0 spiro atoms. The number of hydrogen-bond acceptors (Lipinski definition) is 2. The summed E-state index contributed by atoms with van der Waals surface area (Å²) in [6.07, 6.45) is 5.48. The number of unbranched alkanes of at least 4 members (excludes halogenated alkanes) is 2. The third-order valence-electron chi connectivity index (χ3n) is 3.84. The third kappa shape index (κ3) is 6.53. The summed E-state index contributed by atoms with van der Waals surface area (Å²) in [6.45, 7) is 9.87. The van der Waals surface area contributed by atoms with Gasteiger partial charge < -0.3 is 10.0 Å². The van der Waals surface area contributed by atoms with E-state index < -0.39 is 0 Å². The van der Waals surface area contributed by atoms with Crippen LogP contribution in [0, 0.1) is 6.92 Å². The van der Waals surface area contributed by atoms with Gasteiger partial charge >= 0.3 is 0 Å². The zero-order valence-electron chi connectivity index (χ0n) is 13.4. The van der Waals surface area contributed by atoms with Crippen LogP contribution in [0.3, 0.4) is 0 Å². The monoisotopic (exact) mass is 277 g/mol. The number of aryl methyl sites for hydroxylation is 1. The lowest BCUT2D eigenvalue weighted by molar-refractivity contribution is 0.140. The maximum Gasteiger partial charge on any atom is 0.0802 e. The van der Waals surface area contributed by atoms with E-state index in [9.17, 15) is 5.11 Å². The SMILES string of the molecule is CCCCN(CCCC)CCC(O)c1ccc(C)cc1. The van der Waals surface area contributed by atoms with E-state index in [0.717, 1.165) is 31.6 Å². The summed E-state index contributed by atoms with van der Waals surface area (Å²) < 4.78 is 0. The van der Waals surface area contributed by atoms with Gasteiger partial charge in [-0.3, -0.25) is 0 Å². The van der Waals surface area contributed by atoms with E-state index in [1.54, 1.807) is 0 Å². The molecule has 0 radical (unpaired) electrons. The maximum atomic E-state index is 10.3. The van der Waals surface area contributed by atoms with Crippen LogP contribution in [-0.4, -0.2) is 29.6 Å². The van der Waals surface area contributed by atoms with Crippen molar-refractivity contribution in [2.75, 3.05) is 19.6 Å². The van der Waals surface area contributed by atoms with Crippen molar-refractivity contribution in [1.82, 2.24) is 4.90 Å². The molecule has 0 aliphatic carbocycles. The minimum Gasteiger partial charge on any atom is -0.388 e. The van der Waals surface area contributed by atoms with Crippen molar-refractivity contribution in [3.63, 3.8) is 0 Å². The summed E-state index contributed by atoms with van der Waals surface area (Å²) in [5.41, 5.74) is 2.29. The van der Waals surface area contributed by atoms with Crippen molar-refractivity contribution < 1.29 is 5.11 Å². The minimum absolute atomic E-state index is 0.332. The Morgan fingerprint density at radius 3 is 2.00 bits per heavy atom. The Kier molecular flexibility index (Phi) is 8.56. The van der Waals surface area contributed by atoms with Crippen LogP contribution in [0.15, 0.2) is 24.3 Å². The largest absolute Gasteiger partial charge is 0.388 e. The van der Waals surface area contributed by atoms with E-state index in [4.69, 9.17) is 0 Å². The number of rotatable bonds is 10. The van der Waals surface area contributed by atoms with Crippen molar-refractivity contribution >= 4 is 0 Å². The molecule has 0 heterocycles. The van der Waals surface area contributed by atoms with Crippen molar-refractivity contribution in [1.29, 1.82) is 0 Å². The van der Waals surface area contributed by atoms with Crippen LogP contribution in [-0.2, 0) is 0 Å². The summed E-state index contributed by atoms with van der Waals surface area (Å²) in [4.78, 5) is 2.50. The molecule has 0 bridgehead atoms. The van der Waals surface area contributed by atoms with Gasteiger partial charge in [0.15, 0.2) is 0 Å². The Balaban J connectivity index is 2.41. The lowest BCUT2D eigenvalue weighted by Gasteiger charge is -2.23. The van der Waals surface area contributed by atoms with Gasteiger partial charge in [-0.15, -0.1) is 0 Å². The van der Waals surface area contributed by atoms with Gasteiger partial charge in [0, 0.05) is 6.54 Å². The van der Waals surface area contributed by atoms with Crippen LogP contribution in [0.1, 0.15) is 63.2 Å². The summed E-state index contributed by atoms with van der Waals surface area (Å²) in [7, 11) is 0. The van der Waals surface area contributed by atoms with Crippen LogP contribution >= 0.6 is 0 Å². The summed E-state index contributed by atoms with van der Waals surface area (Å²) in [5.74, 6) is 0. The molecule has 1 aromatic rings. The summed E-state index contributed by atoms with van der Waals surface area (Å²) in [5, 5.41) is 10.3. The Bertz CT molecular complexity index is 339. The molecule has 114 valence electrons. The standard InChI is InChI=1S/C18H31NO/c1-4-6-13-19(14-7-5-2)15-12-18(20)17-10-8-16(3)9-11-17/h8-11,18,20H,4-7,12-15H2,1-3H3. The Labute approximate surface area is 124 Å². The van der Waals surface area contributed by atoms with Gasteiger partial charge in [-0.25, -0.2) is 0 Å². The van der Waals surface area contributed by atoms with E-state index in [1.807, 2.05) is 12.1 Å². The highest BCUT2D eigenvalue weighted by Crippen LogP contribution is 2.17. The molecule has 2 heteroatoms. The average Bonchev–Trinajstić information content (AvgIpc) is 2.47. The van der Waals surface area contributed by atoms with Gasteiger partial charge in [0.1, 0.15) is 0 Å². The van der Waals surface area contributed by atoms with Crippen LogP contribution in [0.4, 0.5) is 0 Å². The second kappa shape index (κ2) is 9.95. The molecular weight excluding hydrogens is 246 g/mol. The molecule has 0 saturated heterocycles. The first-order valence-corrected chi connectivity index (χ1v) is 8.14. The second-order valence-electron chi connectivity index (χ2n) is 5.76. The highest BCUT2D eigenvalue weighted by molar-refractivity contribution is 5.22. The van der Waals surface area contributed by atoms with Gasteiger partial charge in [0.05, 0.1) is 6.10 Å². The summed E-state index contributed by atoms with van der Waals surface area (Å²) >= 11 is 0. The van der Waals surface area contributed by atoms with Crippen LogP contribution in [0.2, 0.25) is 0 Å². The molecule has 1 N–H and O–H groups in total. The predicted octanol–water partition coefficient (Wildman–Crippen LogP) is 4.32. The molecule has 0 aliphatic rings. The molecule has 0 aliphatic heterocycles. The van der Waals surface area contributed by atoms with E-state index >= 15 is 0 Å². The molecule has 2 nitrogen and oxygen atoms in total. The number of nitrogens with zero attached hydrogens (tertiary/aromatic N) is 1. The van der Waals surface area contributed by atoms with Gasteiger partial charge in [0.25, 0.3) is 0 Å². The number of hydrogen-bond donors (Lipinski definition) is 1. The molecular formula is C18H31NO. The molecule has 1 atom stereocenters. The molecule has 0 saturated carbocycles. The van der Waals surface area contributed by atoms with Crippen molar-refractivity contribution in [2.24, 2.45) is 0 Å². The van der Waals surface area contributed by atoms with Crippen molar-refractivity contribution in [3.8, 4) is 0 Å². The number of benzene rings is 1. The summed E-state index contributed by atoms with van der Waals surface area (Å²) in [6, 6.07) is 8.24. The third-order valence-corrected chi connectivity index (χ3v) is 3.84. The van der Waals surface area contributed by atoms with Crippen LogP contribution in [0.5, 0.6) is 0 Å². The van der Waals surface area contributed by atoms with E-state index in [-0.39, 0.29) is 6.10 Å². The Morgan fingerprint density at radius 2 is 1.50 bits per heavy atom. The Hall–Kier alpha value is -0.860. The highest BCUT2D eigenvalue weighted by atomic mass is 16.3. The molecule has 0 amide bonds. The average molecular weight is 277 g/mol. The van der Waals surface area contributed by atoms with E-state index in [2.05, 4.69) is 37.8 Å². The number of aliphatic hydroxyl groups is 1. The van der Waals surface area contributed by atoms with Crippen molar-refractivity contribution in [3.05, 3.63) is 35.4 Å². The fourth-order valence-corrected chi connectivity index (χ4v) is 2.36. The highest BCUT2D eigenvalue weighted by Gasteiger charge is 2.10. The first-order valence-electron chi connectivity index (χ1n) is 8.14. The lowest BCUT2D eigenvalue weighted by atomic mass is 10.0. The predicted molar refractivity (Wildman–Crippen MR) is 87.0 cm³/mol. The minimum atomic E-state index is -0.332. The zero-order valence-corrected chi connectivity index (χ0v) is 13.4. The topological polar surface area (TPSA) is 23.5 Å². The quantitative estimate of drug-likeness (QED) is 0.688. The Morgan fingerprint density at radius 1 is 0.950 bits per heavy atom. The fourth-order valence-electron chi connectivity index (χ4n) is 2.36. The van der Waals surface area contributed by atoms with Gasteiger partial charge in [-0.1, -0.05) is 56.5 Å². The lowest BCUT2D eigenvalue weighted by Crippen LogP contribution is -2.28. The van der Waals surface area contributed by atoms with E-state index in [1.165, 1.54) is 31.2 Å². The molecule has 1 unspecified atom stereocenters. The second-order valence-corrected chi connectivity index (χ2v) is 5.76. The molecule has 1 rings (SSSR count). The van der Waals surface area contributed by atoms with Gasteiger partial charge in [-0.2, -0.15) is 0 Å². The van der Waals surface area contributed by atoms with Crippen LogP contribution in [0.25, 0.3) is 0 Å². The molecule has 20 heavy (non-hydrogen) atoms. The molecule has 1 aromatic carbocycles. The molecule has 0 aromatic heterocycles. The first-order chi connectivity index (χ1) is 9.67. The molecule has 0 fully saturated rings. The first kappa shape index (κ1) is 17.2.